The Morgan fingerprint density at radius 1 is 1.35 bits per heavy atom. The molecule has 0 aliphatic carbocycles. The number of nitrogens with two attached hydrogens (primary N) is 1. The fraction of sp³-hybridized carbons (Fsp3) is 0.231. The topological polar surface area (TPSA) is 98.2 Å². The zero-order valence-electron chi connectivity index (χ0n) is 11.3. The summed E-state index contributed by atoms with van der Waals surface area (Å²) in [5, 5.41) is 10.8. The molecule has 20 heavy (non-hydrogen) atoms. The van der Waals surface area contributed by atoms with E-state index in [9.17, 15) is 10.1 Å². The molecule has 2 N–H and O–H groups in total. The van der Waals surface area contributed by atoms with Crippen LogP contribution < -0.4 is 10.6 Å². The van der Waals surface area contributed by atoms with E-state index >= 15 is 0 Å². The first-order valence-corrected chi connectivity index (χ1v) is 6.01. The van der Waals surface area contributed by atoms with Gasteiger partial charge in [-0.05, 0) is 24.6 Å². The SMILES string of the molecule is Cc1nc(N(C)Cc2ccc(N)nc2)ccc1[N+](=O)[O-]. The minimum absolute atomic E-state index is 0.0244. The summed E-state index contributed by atoms with van der Waals surface area (Å²) in [6.07, 6.45) is 1.70. The first-order valence-electron chi connectivity index (χ1n) is 6.01. The summed E-state index contributed by atoms with van der Waals surface area (Å²) in [7, 11) is 1.87. The molecule has 0 atom stereocenters. The van der Waals surface area contributed by atoms with Gasteiger partial charge in [-0.2, -0.15) is 0 Å². The molecule has 0 saturated carbocycles. The average Bonchev–Trinajstić information content (AvgIpc) is 2.40. The zero-order valence-corrected chi connectivity index (χ0v) is 11.3. The van der Waals surface area contributed by atoms with Crippen LogP contribution in [0, 0.1) is 17.0 Å². The molecule has 0 aliphatic rings. The maximum Gasteiger partial charge on any atom is 0.290 e. The van der Waals surface area contributed by atoms with E-state index in [1.165, 1.54) is 6.07 Å². The first-order chi connectivity index (χ1) is 9.47. The Morgan fingerprint density at radius 2 is 2.10 bits per heavy atom. The number of aryl methyl sites for hydroxylation is 1. The van der Waals surface area contributed by atoms with Crippen LogP contribution >= 0.6 is 0 Å². The summed E-state index contributed by atoms with van der Waals surface area (Å²) in [5.74, 6) is 1.14. The van der Waals surface area contributed by atoms with Crippen molar-refractivity contribution in [2.24, 2.45) is 0 Å². The number of aromatic nitrogens is 2. The van der Waals surface area contributed by atoms with Crippen LogP contribution in [0.5, 0.6) is 0 Å². The summed E-state index contributed by atoms with van der Waals surface area (Å²) in [6.45, 7) is 2.22. The molecule has 7 nitrogen and oxygen atoms in total. The van der Waals surface area contributed by atoms with Gasteiger partial charge in [0.15, 0.2) is 0 Å². The molecule has 2 aromatic heterocycles. The van der Waals surface area contributed by atoms with E-state index in [0.717, 1.165) is 5.56 Å². The molecule has 0 saturated heterocycles. The lowest BCUT2D eigenvalue weighted by molar-refractivity contribution is -0.385. The fourth-order valence-electron chi connectivity index (χ4n) is 1.83. The molecule has 0 fully saturated rings. The number of nitrogen functional groups attached to an aromatic ring is 1. The Hall–Kier alpha value is -2.70. The number of hydrogen-bond acceptors (Lipinski definition) is 6. The van der Waals surface area contributed by atoms with Crippen LogP contribution in [-0.4, -0.2) is 21.9 Å². The molecule has 7 heteroatoms. The third-order valence-corrected chi connectivity index (χ3v) is 2.90. The molecule has 104 valence electrons. The van der Waals surface area contributed by atoms with Gasteiger partial charge in [-0.15, -0.1) is 0 Å². The molecule has 2 rings (SSSR count). The minimum atomic E-state index is -0.435. The number of anilines is 2. The largest absolute Gasteiger partial charge is 0.384 e. The number of rotatable bonds is 4. The second-order valence-corrected chi connectivity index (χ2v) is 4.48. The molecule has 2 aromatic rings. The molecule has 0 radical (unpaired) electrons. The van der Waals surface area contributed by atoms with Crippen molar-refractivity contribution in [2.75, 3.05) is 17.7 Å². The number of pyridine rings is 2. The molecular formula is C13H15N5O2. The highest BCUT2D eigenvalue weighted by molar-refractivity contribution is 5.46. The molecule has 0 unspecified atom stereocenters. The van der Waals surface area contributed by atoms with Crippen LogP contribution in [-0.2, 0) is 6.54 Å². The van der Waals surface area contributed by atoms with Gasteiger partial charge in [-0.25, -0.2) is 9.97 Å². The van der Waals surface area contributed by atoms with Gasteiger partial charge < -0.3 is 10.6 Å². The van der Waals surface area contributed by atoms with Gasteiger partial charge in [0.2, 0.25) is 0 Å². The van der Waals surface area contributed by atoms with Gasteiger partial charge >= 0.3 is 0 Å². The minimum Gasteiger partial charge on any atom is -0.384 e. The van der Waals surface area contributed by atoms with E-state index in [2.05, 4.69) is 9.97 Å². The van der Waals surface area contributed by atoms with Crippen LogP contribution in [0.1, 0.15) is 11.3 Å². The van der Waals surface area contributed by atoms with E-state index in [0.29, 0.717) is 23.9 Å². The Balaban J connectivity index is 2.17. The Labute approximate surface area is 116 Å². The molecule has 0 bridgehead atoms. The van der Waals surface area contributed by atoms with Crippen molar-refractivity contribution < 1.29 is 4.92 Å². The molecule has 0 aromatic carbocycles. The van der Waals surface area contributed by atoms with Crippen molar-refractivity contribution >= 4 is 17.3 Å². The smallest absolute Gasteiger partial charge is 0.290 e. The summed E-state index contributed by atoms with van der Waals surface area (Å²) in [6, 6.07) is 6.72. The highest BCUT2D eigenvalue weighted by atomic mass is 16.6. The second kappa shape index (κ2) is 5.52. The monoisotopic (exact) mass is 273 g/mol. The predicted molar refractivity (Wildman–Crippen MR) is 76.4 cm³/mol. The number of nitro groups is 1. The maximum atomic E-state index is 10.8. The van der Waals surface area contributed by atoms with Crippen LogP contribution in [0.3, 0.4) is 0 Å². The lowest BCUT2D eigenvalue weighted by Crippen LogP contribution is -2.18. The molecular weight excluding hydrogens is 258 g/mol. The van der Waals surface area contributed by atoms with E-state index in [1.54, 1.807) is 25.3 Å². The van der Waals surface area contributed by atoms with Crippen LogP contribution in [0.4, 0.5) is 17.3 Å². The zero-order chi connectivity index (χ0) is 14.7. The van der Waals surface area contributed by atoms with Gasteiger partial charge in [0.1, 0.15) is 17.3 Å². The second-order valence-electron chi connectivity index (χ2n) is 4.48. The van der Waals surface area contributed by atoms with Crippen LogP contribution in [0.15, 0.2) is 30.5 Å². The van der Waals surface area contributed by atoms with E-state index in [1.807, 2.05) is 18.0 Å². The Kier molecular flexibility index (Phi) is 3.79. The van der Waals surface area contributed by atoms with Crippen LogP contribution in [0.25, 0.3) is 0 Å². The molecule has 0 amide bonds. The highest BCUT2D eigenvalue weighted by Gasteiger charge is 2.13. The van der Waals surface area contributed by atoms with Gasteiger partial charge in [0, 0.05) is 25.9 Å². The van der Waals surface area contributed by atoms with Crippen molar-refractivity contribution in [3.05, 3.63) is 51.8 Å². The first kappa shape index (κ1) is 13.7. The summed E-state index contributed by atoms with van der Waals surface area (Å²) in [5.41, 5.74) is 6.94. The van der Waals surface area contributed by atoms with Gasteiger partial charge in [-0.3, -0.25) is 10.1 Å². The Bertz CT molecular complexity index is 627. The molecule has 2 heterocycles. The van der Waals surface area contributed by atoms with Crippen molar-refractivity contribution in [2.45, 2.75) is 13.5 Å². The van der Waals surface area contributed by atoms with Gasteiger partial charge in [0.05, 0.1) is 4.92 Å². The third-order valence-electron chi connectivity index (χ3n) is 2.90. The highest BCUT2D eigenvalue weighted by Crippen LogP contribution is 2.20. The van der Waals surface area contributed by atoms with E-state index < -0.39 is 4.92 Å². The number of hydrogen-bond donors (Lipinski definition) is 1. The van der Waals surface area contributed by atoms with Crippen LogP contribution in [0.2, 0.25) is 0 Å². The standard InChI is InChI=1S/C13H15N5O2/c1-9-11(18(19)20)4-6-13(16-9)17(2)8-10-3-5-12(14)15-7-10/h3-7H,8H2,1-2H3,(H2,14,15). The molecule has 0 spiro atoms. The van der Waals surface area contributed by atoms with Gasteiger partial charge in [0.25, 0.3) is 5.69 Å². The average molecular weight is 273 g/mol. The lowest BCUT2D eigenvalue weighted by Gasteiger charge is -2.18. The van der Waals surface area contributed by atoms with Crippen molar-refractivity contribution in [1.82, 2.24) is 9.97 Å². The van der Waals surface area contributed by atoms with E-state index in [4.69, 9.17) is 5.73 Å². The van der Waals surface area contributed by atoms with Crippen molar-refractivity contribution in [3.8, 4) is 0 Å². The maximum absolute atomic E-state index is 10.8. The molecule has 0 aliphatic heterocycles. The summed E-state index contributed by atoms with van der Waals surface area (Å²) in [4.78, 5) is 20.5. The van der Waals surface area contributed by atoms with Gasteiger partial charge in [-0.1, -0.05) is 6.07 Å². The van der Waals surface area contributed by atoms with Crippen molar-refractivity contribution in [1.29, 1.82) is 0 Å². The predicted octanol–water partition coefficient (Wildman–Crippen LogP) is 1.91. The fourth-order valence-corrected chi connectivity index (χ4v) is 1.83. The normalized spacial score (nSPS) is 10.3. The summed E-state index contributed by atoms with van der Waals surface area (Å²) < 4.78 is 0. The Morgan fingerprint density at radius 3 is 2.65 bits per heavy atom. The van der Waals surface area contributed by atoms with E-state index in [-0.39, 0.29) is 5.69 Å². The lowest BCUT2D eigenvalue weighted by atomic mass is 10.2. The quantitative estimate of drug-likeness (QED) is 0.675. The summed E-state index contributed by atoms with van der Waals surface area (Å²) >= 11 is 0. The van der Waals surface area contributed by atoms with Crippen molar-refractivity contribution in [3.63, 3.8) is 0 Å². The third kappa shape index (κ3) is 3.00. The number of nitrogens with zero attached hydrogens (tertiary/aromatic N) is 4.